The maximum absolute atomic E-state index is 14.6. The smallest absolute Gasteiger partial charge is 0.216 e. The van der Waals surface area contributed by atoms with Crippen LogP contribution < -0.4 is 4.90 Å². The molecule has 1 aromatic carbocycles. The Morgan fingerprint density at radius 3 is 2.55 bits per heavy atom. The van der Waals surface area contributed by atoms with Gasteiger partial charge in [-0.05, 0) is 68.9 Å². The monoisotopic (exact) mass is 445 g/mol. The number of rotatable bonds is 4. The summed E-state index contributed by atoms with van der Waals surface area (Å²) in [6.07, 6.45) is 7.74. The fraction of sp³-hybridized carbons (Fsp3) is 0.500. The number of aliphatic hydroxyl groups is 1. The van der Waals surface area contributed by atoms with E-state index in [4.69, 9.17) is 5.26 Å². The lowest BCUT2D eigenvalue weighted by Crippen LogP contribution is -2.50. The van der Waals surface area contributed by atoms with Gasteiger partial charge in [-0.2, -0.15) is 9.49 Å². The summed E-state index contributed by atoms with van der Waals surface area (Å²) in [5.74, 6) is 0.829. The van der Waals surface area contributed by atoms with Crippen molar-refractivity contribution < 1.29 is 9.50 Å². The fourth-order valence-electron chi connectivity index (χ4n) is 6.34. The van der Waals surface area contributed by atoms with E-state index >= 15 is 0 Å². The van der Waals surface area contributed by atoms with Gasteiger partial charge in [-0.3, -0.25) is 0 Å². The molecule has 1 N–H and O–H groups in total. The van der Waals surface area contributed by atoms with Crippen LogP contribution in [0.5, 0.6) is 0 Å². The SMILES string of the molecule is C#N.CC(C)(O)C12CC(C1)N(c1cc(-n3ncc4ccc(C5CC56CC6)cc43)cc(F)n1)C2. The van der Waals surface area contributed by atoms with E-state index in [1.54, 1.807) is 0 Å². The Bertz CT molecular complexity index is 1280. The minimum absolute atomic E-state index is 0.123. The Hall–Kier alpha value is -2.98. The number of hydrogen-bond acceptors (Lipinski definition) is 5. The molecule has 7 heteroatoms. The van der Waals surface area contributed by atoms with Gasteiger partial charge in [0.25, 0.3) is 0 Å². The highest BCUT2D eigenvalue weighted by atomic mass is 19.1. The van der Waals surface area contributed by atoms with Crippen LogP contribution in [0.25, 0.3) is 16.6 Å². The first-order chi connectivity index (χ1) is 15.8. The van der Waals surface area contributed by atoms with Crippen LogP contribution in [0.3, 0.4) is 0 Å². The van der Waals surface area contributed by atoms with Crippen LogP contribution >= 0.6 is 0 Å². The van der Waals surface area contributed by atoms with E-state index in [0.29, 0.717) is 35.4 Å². The summed E-state index contributed by atoms with van der Waals surface area (Å²) >= 11 is 0. The Balaban J connectivity index is 0.00000101. The normalized spacial score (nSPS) is 28.4. The molecule has 1 unspecified atom stereocenters. The first-order valence-electron chi connectivity index (χ1n) is 11.7. The van der Waals surface area contributed by atoms with Gasteiger partial charge in [-0.15, -0.1) is 0 Å². The first-order valence-corrected chi connectivity index (χ1v) is 11.7. The molecule has 6 nitrogen and oxygen atoms in total. The highest BCUT2D eigenvalue weighted by Crippen LogP contribution is 2.75. The lowest BCUT2D eigenvalue weighted by molar-refractivity contribution is -0.0754. The van der Waals surface area contributed by atoms with E-state index < -0.39 is 11.5 Å². The van der Waals surface area contributed by atoms with Crippen LogP contribution in [0.2, 0.25) is 0 Å². The number of nitriles is 1. The second-order valence-electron chi connectivity index (χ2n) is 11.0. The number of nitrogens with zero attached hydrogens (tertiary/aromatic N) is 5. The van der Waals surface area contributed by atoms with E-state index in [0.717, 1.165) is 23.7 Å². The molecule has 1 spiro atoms. The zero-order valence-electron chi connectivity index (χ0n) is 19.0. The quantitative estimate of drug-likeness (QED) is 0.589. The van der Waals surface area contributed by atoms with Gasteiger partial charge in [0.2, 0.25) is 5.95 Å². The number of fused-ring (bicyclic) bond motifs is 2. The van der Waals surface area contributed by atoms with Crippen molar-refractivity contribution in [2.75, 3.05) is 11.4 Å². The number of benzene rings is 1. The summed E-state index contributed by atoms with van der Waals surface area (Å²) in [6.45, 7) is 7.98. The maximum Gasteiger partial charge on any atom is 0.216 e. The van der Waals surface area contributed by atoms with Crippen molar-refractivity contribution in [2.24, 2.45) is 10.8 Å². The summed E-state index contributed by atoms with van der Waals surface area (Å²) < 4.78 is 16.5. The van der Waals surface area contributed by atoms with E-state index in [2.05, 4.69) is 39.8 Å². The Morgan fingerprint density at radius 2 is 1.91 bits per heavy atom. The number of pyridine rings is 1. The van der Waals surface area contributed by atoms with Crippen LogP contribution in [-0.2, 0) is 0 Å². The zero-order chi connectivity index (χ0) is 23.2. The Labute approximate surface area is 192 Å². The third kappa shape index (κ3) is 2.93. The van der Waals surface area contributed by atoms with Gasteiger partial charge in [0, 0.05) is 42.1 Å². The van der Waals surface area contributed by atoms with Crippen molar-refractivity contribution in [3.63, 3.8) is 0 Å². The van der Waals surface area contributed by atoms with Gasteiger partial charge >= 0.3 is 0 Å². The molecule has 3 saturated carbocycles. The highest BCUT2D eigenvalue weighted by molar-refractivity contribution is 5.81. The molecule has 0 amide bonds. The van der Waals surface area contributed by atoms with Crippen molar-refractivity contribution in [1.29, 1.82) is 5.26 Å². The molecule has 3 aliphatic carbocycles. The predicted octanol–water partition coefficient (Wildman–Crippen LogP) is 4.71. The molecule has 33 heavy (non-hydrogen) atoms. The summed E-state index contributed by atoms with van der Waals surface area (Å²) in [4.78, 5) is 6.38. The molecule has 3 aromatic rings. The summed E-state index contributed by atoms with van der Waals surface area (Å²) in [7, 11) is 0. The van der Waals surface area contributed by atoms with Crippen LogP contribution in [0.4, 0.5) is 10.2 Å². The average molecular weight is 446 g/mol. The first kappa shape index (κ1) is 20.6. The summed E-state index contributed by atoms with van der Waals surface area (Å²) in [5.41, 5.74) is 2.84. The van der Waals surface area contributed by atoms with Gasteiger partial charge < -0.3 is 10.0 Å². The Morgan fingerprint density at radius 1 is 1.15 bits per heavy atom. The van der Waals surface area contributed by atoms with E-state index in [-0.39, 0.29) is 5.41 Å². The molecule has 8 rings (SSSR count). The highest BCUT2D eigenvalue weighted by Gasteiger charge is 2.63. The number of hydrogen-bond donors (Lipinski definition) is 1. The number of halogens is 1. The van der Waals surface area contributed by atoms with Crippen LogP contribution in [0.1, 0.15) is 57.4 Å². The zero-order valence-corrected chi connectivity index (χ0v) is 19.0. The lowest BCUT2D eigenvalue weighted by Gasteiger charge is -2.45. The van der Waals surface area contributed by atoms with Gasteiger partial charge in [0.1, 0.15) is 5.82 Å². The Kier molecular flexibility index (Phi) is 4.09. The molecule has 5 aliphatic rings. The average Bonchev–Trinajstić information content (AvgIpc) is 3.50. The van der Waals surface area contributed by atoms with Crippen molar-refractivity contribution in [3.05, 3.63) is 48.0 Å². The fourth-order valence-corrected chi connectivity index (χ4v) is 6.34. The van der Waals surface area contributed by atoms with Crippen molar-refractivity contribution in [1.82, 2.24) is 14.8 Å². The third-order valence-electron chi connectivity index (χ3n) is 8.85. The van der Waals surface area contributed by atoms with Gasteiger partial charge in [-0.1, -0.05) is 12.1 Å². The number of anilines is 1. The minimum Gasteiger partial charge on any atom is -0.390 e. The third-order valence-corrected chi connectivity index (χ3v) is 8.85. The summed E-state index contributed by atoms with van der Waals surface area (Å²) in [6, 6.07) is 10.4. The second kappa shape index (κ2) is 6.54. The molecule has 0 radical (unpaired) electrons. The summed E-state index contributed by atoms with van der Waals surface area (Å²) in [5, 5.41) is 22.8. The number of aromatic nitrogens is 3. The van der Waals surface area contributed by atoms with Crippen molar-refractivity contribution in [3.8, 4) is 12.3 Å². The van der Waals surface area contributed by atoms with Gasteiger partial charge in [0.05, 0.1) is 23.0 Å². The predicted molar refractivity (Wildman–Crippen MR) is 124 cm³/mol. The van der Waals surface area contributed by atoms with Gasteiger partial charge in [-0.25, -0.2) is 14.9 Å². The van der Waals surface area contributed by atoms with Crippen LogP contribution in [-0.4, -0.2) is 38.1 Å². The standard InChI is InChI=1S/C25H27FN4O.CHN/c1-23(2,31)25-10-18(11-25)29(14-25)22-9-17(8-21(26)28-22)30-20-7-15(3-4-16(20)13-27-30)19-12-24(19)5-6-24;1-2/h3-4,7-9,13,18-19,31H,5-6,10-12,14H2,1-2H3;1H. The molecule has 5 fully saturated rings. The maximum atomic E-state index is 14.6. The van der Waals surface area contributed by atoms with Gasteiger partial charge in [0.15, 0.2) is 0 Å². The van der Waals surface area contributed by atoms with E-state index in [1.807, 2.05) is 30.8 Å². The lowest BCUT2D eigenvalue weighted by atomic mass is 9.61. The van der Waals surface area contributed by atoms with E-state index in [9.17, 15) is 9.50 Å². The molecular weight excluding hydrogens is 417 g/mol. The molecular formula is C26H28FN5O. The second-order valence-corrected chi connectivity index (χ2v) is 11.0. The molecule has 170 valence electrons. The molecule has 2 bridgehead atoms. The van der Waals surface area contributed by atoms with Crippen LogP contribution in [0.15, 0.2) is 36.5 Å². The van der Waals surface area contributed by atoms with Crippen molar-refractivity contribution in [2.45, 2.75) is 63.5 Å². The minimum atomic E-state index is -0.745. The van der Waals surface area contributed by atoms with E-state index in [1.165, 1.54) is 30.9 Å². The largest absolute Gasteiger partial charge is 0.390 e. The molecule has 2 saturated heterocycles. The topological polar surface area (TPSA) is 78.0 Å². The molecule has 2 aliphatic heterocycles. The molecule has 4 heterocycles. The van der Waals surface area contributed by atoms with Crippen LogP contribution in [0, 0.1) is 28.6 Å². The molecule has 2 aromatic heterocycles. The van der Waals surface area contributed by atoms with Crippen molar-refractivity contribution >= 4 is 16.7 Å². The molecule has 1 atom stereocenters.